The second-order valence-electron chi connectivity index (χ2n) is 6.59. The van der Waals surface area contributed by atoms with E-state index in [-0.39, 0.29) is 17.0 Å². The number of quaternary nitrogens is 1. The van der Waals surface area contributed by atoms with E-state index in [2.05, 4.69) is 13.8 Å². The molecule has 0 fully saturated rings. The van der Waals surface area contributed by atoms with Crippen molar-refractivity contribution >= 4 is 0 Å². The fourth-order valence-corrected chi connectivity index (χ4v) is 3.27. The Bertz CT molecular complexity index is 227. The molecule has 2 atom stereocenters. The van der Waals surface area contributed by atoms with Gasteiger partial charge in [-0.25, -0.2) is 0 Å². The second kappa shape index (κ2) is 14.9. The minimum Gasteiger partial charge on any atom is -1.00 e. The third kappa shape index (κ3) is 9.49. The topological polar surface area (TPSA) is 40.5 Å². The van der Waals surface area contributed by atoms with Crippen LogP contribution in [0.25, 0.3) is 0 Å². The summed E-state index contributed by atoms with van der Waals surface area (Å²) >= 11 is 0. The van der Waals surface area contributed by atoms with Gasteiger partial charge in [-0.2, -0.15) is 0 Å². The highest BCUT2D eigenvalue weighted by Gasteiger charge is 2.35. The zero-order valence-corrected chi connectivity index (χ0v) is 16.9. The molecule has 0 radical (unpaired) electrons. The van der Waals surface area contributed by atoms with E-state index in [1.165, 1.54) is 57.8 Å². The summed E-state index contributed by atoms with van der Waals surface area (Å²) < 4.78 is 0.414. The summed E-state index contributed by atoms with van der Waals surface area (Å²) in [4.78, 5) is 0. The van der Waals surface area contributed by atoms with Crippen LogP contribution in [-0.4, -0.2) is 40.2 Å². The molecule has 0 saturated carbocycles. The van der Waals surface area contributed by atoms with Gasteiger partial charge in [-0.15, -0.1) is 0 Å². The lowest BCUT2D eigenvalue weighted by atomic mass is 10.1. The highest BCUT2D eigenvalue weighted by Crippen LogP contribution is 2.19. The number of hydrogen-bond donors (Lipinski definition) is 2. The molecule has 4 heteroatoms. The van der Waals surface area contributed by atoms with Crippen LogP contribution in [0.2, 0.25) is 0 Å². The highest BCUT2D eigenvalue weighted by atomic mass is 79.9. The maximum absolute atomic E-state index is 9.99. The standard InChI is InChI=1S/C18H40NO2.BrH/c1-5-7-8-9-10-11-12-13-14-15-16-19(6-2,17(3)20)18(4)21;/h17-18,20-21H,5-16H2,1-4H3;1H/q+1;/p-1. The van der Waals surface area contributed by atoms with Crippen molar-refractivity contribution < 1.29 is 31.7 Å². The van der Waals surface area contributed by atoms with E-state index in [1.54, 1.807) is 13.8 Å². The molecule has 136 valence electrons. The third-order valence-corrected chi connectivity index (χ3v) is 5.01. The van der Waals surface area contributed by atoms with Gasteiger partial charge in [-0.3, -0.25) is 4.48 Å². The molecule has 0 saturated heterocycles. The molecular formula is C18H40BrNO2. The van der Waals surface area contributed by atoms with Gasteiger partial charge in [0.05, 0.1) is 13.1 Å². The third-order valence-electron chi connectivity index (χ3n) is 5.01. The molecule has 0 rings (SSSR count). The Morgan fingerprint density at radius 1 is 0.682 bits per heavy atom. The Balaban J connectivity index is 0. The molecule has 2 N–H and O–H groups in total. The van der Waals surface area contributed by atoms with Crippen LogP contribution in [0.3, 0.4) is 0 Å². The summed E-state index contributed by atoms with van der Waals surface area (Å²) in [5.41, 5.74) is 0. The number of aliphatic hydroxyl groups excluding tert-OH is 2. The normalized spacial score (nSPS) is 16.6. The van der Waals surface area contributed by atoms with Crippen LogP contribution < -0.4 is 17.0 Å². The van der Waals surface area contributed by atoms with Gasteiger partial charge in [0, 0.05) is 13.8 Å². The molecule has 0 aromatic heterocycles. The quantitative estimate of drug-likeness (QED) is 0.271. The fourth-order valence-electron chi connectivity index (χ4n) is 3.27. The molecule has 0 amide bonds. The van der Waals surface area contributed by atoms with Crippen molar-refractivity contribution in [1.29, 1.82) is 0 Å². The van der Waals surface area contributed by atoms with Crippen LogP contribution in [0.15, 0.2) is 0 Å². The SMILES string of the molecule is CCCCCCCCCCCC[N+](CC)(C(C)O)C(C)O.[Br-]. The lowest BCUT2D eigenvalue weighted by Gasteiger charge is -2.42. The van der Waals surface area contributed by atoms with Crippen LogP contribution in [-0.2, 0) is 0 Å². The number of hydrogen-bond acceptors (Lipinski definition) is 2. The van der Waals surface area contributed by atoms with E-state index in [4.69, 9.17) is 0 Å². The number of nitrogens with zero attached hydrogens (tertiary/aromatic N) is 1. The fraction of sp³-hybridized carbons (Fsp3) is 1.00. The predicted octanol–water partition coefficient (Wildman–Crippen LogP) is 1.42. The first-order chi connectivity index (χ1) is 10.0. The Hall–Kier alpha value is 0.360. The number of halogens is 1. The zero-order chi connectivity index (χ0) is 16.1. The summed E-state index contributed by atoms with van der Waals surface area (Å²) in [6, 6.07) is 0. The minimum atomic E-state index is -0.492. The van der Waals surface area contributed by atoms with E-state index in [1.807, 2.05) is 0 Å². The average molecular weight is 382 g/mol. The number of unbranched alkanes of at least 4 members (excludes halogenated alkanes) is 9. The zero-order valence-electron chi connectivity index (χ0n) is 15.4. The van der Waals surface area contributed by atoms with Crippen LogP contribution in [0.1, 0.15) is 91.9 Å². The highest BCUT2D eigenvalue weighted by molar-refractivity contribution is 4.50. The molecule has 22 heavy (non-hydrogen) atoms. The summed E-state index contributed by atoms with van der Waals surface area (Å²) in [5.74, 6) is 0. The first-order valence-corrected chi connectivity index (χ1v) is 9.23. The maximum Gasteiger partial charge on any atom is 0.189 e. The van der Waals surface area contributed by atoms with Crippen molar-refractivity contribution in [3.05, 3.63) is 0 Å². The van der Waals surface area contributed by atoms with Crippen molar-refractivity contribution in [3.8, 4) is 0 Å². The van der Waals surface area contributed by atoms with E-state index < -0.39 is 12.5 Å². The molecule has 3 nitrogen and oxygen atoms in total. The van der Waals surface area contributed by atoms with Gasteiger partial charge in [0.2, 0.25) is 0 Å². The van der Waals surface area contributed by atoms with E-state index in [9.17, 15) is 10.2 Å². The number of rotatable bonds is 14. The summed E-state index contributed by atoms with van der Waals surface area (Å²) in [7, 11) is 0. The van der Waals surface area contributed by atoms with E-state index >= 15 is 0 Å². The van der Waals surface area contributed by atoms with Crippen molar-refractivity contribution in [2.45, 2.75) is 104 Å². The van der Waals surface area contributed by atoms with Crippen LogP contribution in [0.5, 0.6) is 0 Å². The molecule has 0 bridgehead atoms. The Morgan fingerprint density at radius 3 is 1.36 bits per heavy atom. The molecule has 0 aliphatic rings. The van der Waals surface area contributed by atoms with E-state index in [0.717, 1.165) is 19.5 Å². The van der Waals surface area contributed by atoms with E-state index in [0.29, 0.717) is 4.48 Å². The second-order valence-corrected chi connectivity index (χ2v) is 6.59. The number of aliphatic hydroxyl groups is 2. The monoisotopic (exact) mass is 381 g/mol. The average Bonchev–Trinajstić information content (AvgIpc) is 2.44. The molecule has 2 unspecified atom stereocenters. The molecule has 0 heterocycles. The molecule has 0 aromatic carbocycles. The van der Waals surface area contributed by atoms with Crippen LogP contribution in [0.4, 0.5) is 0 Å². The maximum atomic E-state index is 9.99. The predicted molar refractivity (Wildman–Crippen MR) is 90.9 cm³/mol. The molecular weight excluding hydrogens is 342 g/mol. The lowest BCUT2D eigenvalue weighted by Crippen LogP contribution is -3.00. The van der Waals surface area contributed by atoms with Crippen molar-refractivity contribution in [2.75, 3.05) is 13.1 Å². The molecule has 0 aromatic rings. The largest absolute Gasteiger partial charge is 1.00 e. The van der Waals surface area contributed by atoms with Crippen LogP contribution in [0, 0.1) is 0 Å². The first kappa shape index (κ1) is 24.6. The summed E-state index contributed by atoms with van der Waals surface area (Å²) in [6.45, 7) is 9.57. The van der Waals surface area contributed by atoms with Gasteiger partial charge in [0.1, 0.15) is 0 Å². The Morgan fingerprint density at radius 2 is 1.05 bits per heavy atom. The Labute approximate surface area is 149 Å². The van der Waals surface area contributed by atoms with Crippen molar-refractivity contribution in [1.82, 2.24) is 0 Å². The minimum absolute atomic E-state index is 0. The van der Waals surface area contributed by atoms with Gasteiger partial charge in [-0.1, -0.05) is 58.3 Å². The van der Waals surface area contributed by atoms with Gasteiger partial charge in [-0.05, 0) is 19.8 Å². The Kier molecular flexibility index (Phi) is 16.7. The van der Waals surface area contributed by atoms with Gasteiger partial charge in [0.15, 0.2) is 12.5 Å². The molecule has 0 aliphatic carbocycles. The summed E-state index contributed by atoms with van der Waals surface area (Å²) in [5, 5.41) is 20.0. The summed E-state index contributed by atoms with van der Waals surface area (Å²) in [6.07, 6.45) is 12.2. The van der Waals surface area contributed by atoms with Crippen molar-refractivity contribution in [3.63, 3.8) is 0 Å². The van der Waals surface area contributed by atoms with Gasteiger partial charge in [0.25, 0.3) is 0 Å². The first-order valence-electron chi connectivity index (χ1n) is 9.23. The smallest absolute Gasteiger partial charge is 0.189 e. The van der Waals surface area contributed by atoms with Gasteiger partial charge < -0.3 is 27.2 Å². The lowest BCUT2D eigenvalue weighted by molar-refractivity contribution is -1.00. The van der Waals surface area contributed by atoms with Crippen LogP contribution >= 0.6 is 0 Å². The van der Waals surface area contributed by atoms with Gasteiger partial charge >= 0.3 is 0 Å². The molecule has 0 spiro atoms. The van der Waals surface area contributed by atoms with Crippen molar-refractivity contribution in [2.24, 2.45) is 0 Å². The molecule has 0 aliphatic heterocycles.